The molecule has 0 aliphatic heterocycles. The van der Waals surface area contributed by atoms with Crippen LogP contribution >= 0.6 is 0 Å². The van der Waals surface area contributed by atoms with Crippen molar-refractivity contribution in [3.05, 3.63) is 29.3 Å². The molecule has 3 nitrogen and oxygen atoms in total. The smallest absolute Gasteiger partial charge is 0.115 e. The van der Waals surface area contributed by atoms with Crippen LogP contribution in [0.1, 0.15) is 56.1 Å². The van der Waals surface area contributed by atoms with E-state index in [1.165, 1.54) is 11.1 Å². The highest BCUT2D eigenvalue weighted by atomic mass is 16.3. The number of aromatic hydroxyl groups is 1. The molecular formula is C19H26O3. The van der Waals surface area contributed by atoms with Crippen LogP contribution in [0.2, 0.25) is 0 Å². The molecule has 0 amide bonds. The summed E-state index contributed by atoms with van der Waals surface area (Å²) in [7, 11) is 0. The largest absolute Gasteiger partial charge is 0.508 e. The number of benzene rings is 1. The van der Waals surface area contributed by atoms with E-state index in [-0.39, 0.29) is 5.41 Å². The van der Waals surface area contributed by atoms with Gasteiger partial charge < -0.3 is 15.3 Å². The molecule has 4 rings (SSSR count). The monoisotopic (exact) mass is 302 g/mol. The molecule has 0 spiro atoms. The van der Waals surface area contributed by atoms with Gasteiger partial charge in [-0.25, -0.2) is 0 Å². The Morgan fingerprint density at radius 3 is 2.82 bits per heavy atom. The zero-order chi connectivity index (χ0) is 15.5. The Morgan fingerprint density at radius 2 is 2.05 bits per heavy atom. The van der Waals surface area contributed by atoms with E-state index in [9.17, 15) is 15.3 Å². The molecule has 3 aliphatic rings. The van der Waals surface area contributed by atoms with Gasteiger partial charge in [-0.1, -0.05) is 13.0 Å². The molecule has 0 saturated heterocycles. The summed E-state index contributed by atoms with van der Waals surface area (Å²) >= 11 is 0. The predicted molar refractivity (Wildman–Crippen MR) is 84.7 cm³/mol. The molecule has 120 valence electrons. The number of fused-ring (bicyclic) bond motifs is 5. The molecule has 3 heteroatoms. The first kappa shape index (κ1) is 14.5. The minimum absolute atomic E-state index is 0.0744. The van der Waals surface area contributed by atoms with Crippen LogP contribution in [0.15, 0.2) is 18.2 Å². The Hall–Kier alpha value is -1.06. The Bertz CT molecular complexity index is 584. The quantitative estimate of drug-likeness (QED) is 0.747. The molecule has 3 aliphatic carbocycles. The van der Waals surface area contributed by atoms with Crippen LogP contribution in [-0.4, -0.2) is 27.5 Å². The summed E-state index contributed by atoms with van der Waals surface area (Å²) in [6.07, 6.45) is 4.84. The van der Waals surface area contributed by atoms with Gasteiger partial charge in [0.15, 0.2) is 0 Å². The molecule has 3 N–H and O–H groups in total. The van der Waals surface area contributed by atoms with Crippen LogP contribution in [-0.2, 0) is 6.42 Å². The summed E-state index contributed by atoms with van der Waals surface area (Å²) in [4.78, 5) is 0. The van der Waals surface area contributed by atoms with Crippen LogP contribution in [0.3, 0.4) is 0 Å². The van der Waals surface area contributed by atoms with Gasteiger partial charge in [-0.15, -0.1) is 0 Å². The van der Waals surface area contributed by atoms with Crippen LogP contribution in [0.25, 0.3) is 0 Å². The first-order chi connectivity index (χ1) is 10.6. The van der Waals surface area contributed by atoms with Crippen molar-refractivity contribution in [2.45, 2.75) is 63.6 Å². The van der Waals surface area contributed by atoms with E-state index in [0.29, 0.717) is 23.5 Å². The molecule has 0 heterocycles. The lowest BCUT2D eigenvalue weighted by Crippen LogP contribution is -2.46. The van der Waals surface area contributed by atoms with Crippen molar-refractivity contribution in [3.63, 3.8) is 0 Å². The van der Waals surface area contributed by atoms with E-state index in [4.69, 9.17) is 0 Å². The fourth-order valence-corrected chi connectivity index (χ4v) is 6.01. The highest BCUT2D eigenvalue weighted by Gasteiger charge is 2.59. The second kappa shape index (κ2) is 4.97. The maximum Gasteiger partial charge on any atom is 0.115 e. The summed E-state index contributed by atoms with van der Waals surface area (Å²) in [5.41, 5.74) is 2.62. The summed E-state index contributed by atoms with van der Waals surface area (Å²) in [6.45, 7) is 2.17. The summed E-state index contributed by atoms with van der Waals surface area (Å²) in [5.74, 6) is 1.90. The van der Waals surface area contributed by atoms with Gasteiger partial charge in [0.05, 0.1) is 12.2 Å². The highest BCUT2D eigenvalue weighted by Crippen LogP contribution is 2.62. The third-order valence-corrected chi connectivity index (χ3v) is 7.07. The zero-order valence-corrected chi connectivity index (χ0v) is 13.2. The molecule has 0 aromatic heterocycles. The van der Waals surface area contributed by atoms with Gasteiger partial charge in [0.25, 0.3) is 0 Å². The first-order valence-electron chi connectivity index (χ1n) is 8.74. The van der Waals surface area contributed by atoms with E-state index in [1.54, 1.807) is 6.07 Å². The van der Waals surface area contributed by atoms with Crippen molar-refractivity contribution in [2.75, 3.05) is 0 Å². The fourth-order valence-electron chi connectivity index (χ4n) is 6.01. The topological polar surface area (TPSA) is 60.7 Å². The maximum absolute atomic E-state index is 10.6. The summed E-state index contributed by atoms with van der Waals surface area (Å²) < 4.78 is 0. The fraction of sp³-hybridized carbons (Fsp3) is 0.684. The number of phenolic OH excluding ortho intramolecular Hbond substituents is 1. The standard InChI is InChI=1S/C19H26O3/c1-2-19-8-7-14-13-6-4-12(20)9-11(13)3-5-15(14)16(19)10-17(21)18(19)22/h4,6,9,14-18,20-22H,2-3,5,7-8,10H2,1H3/t14-,15+,16+,17+,18+,19-/m1/s1. The Balaban J connectivity index is 1.72. The minimum Gasteiger partial charge on any atom is -0.508 e. The van der Waals surface area contributed by atoms with E-state index >= 15 is 0 Å². The van der Waals surface area contributed by atoms with E-state index < -0.39 is 12.2 Å². The second-order valence-electron chi connectivity index (χ2n) is 7.67. The lowest BCUT2D eigenvalue weighted by molar-refractivity contribution is -0.0641. The van der Waals surface area contributed by atoms with Gasteiger partial charge in [-0.2, -0.15) is 0 Å². The first-order valence-corrected chi connectivity index (χ1v) is 8.74. The SMILES string of the molecule is CC[C@@]12CC[C@@H]3c4ccc(O)cc4CC[C@@H]3[C@@H]1C[C@H](O)[C@@H]2O. The number of aliphatic hydroxyl groups excluding tert-OH is 2. The average molecular weight is 302 g/mol. The van der Waals surface area contributed by atoms with Gasteiger partial charge in [0, 0.05) is 5.41 Å². The van der Waals surface area contributed by atoms with Gasteiger partial charge in [-0.05, 0) is 79.5 Å². The summed E-state index contributed by atoms with van der Waals surface area (Å²) in [5, 5.41) is 30.6. The molecule has 2 saturated carbocycles. The average Bonchev–Trinajstić information content (AvgIpc) is 2.79. The van der Waals surface area contributed by atoms with Crippen molar-refractivity contribution in [3.8, 4) is 5.75 Å². The number of phenols is 1. The van der Waals surface area contributed by atoms with Gasteiger partial charge in [-0.3, -0.25) is 0 Å². The van der Waals surface area contributed by atoms with E-state index in [2.05, 4.69) is 13.0 Å². The molecule has 2 fully saturated rings. The third-order valence-electron chi connectivity index (χ3n) is 7.07. The van der Waals surface area contributed by atoms with Crippen molar-refractivity contribution in [1.82, 2.24) is 0 Å². The predicted octanol–water partition coefficient (Wildman–Crippen LogP) is 2.97. The van der Waals surface area contributed by atoms with E-state index in [0.717, 1.165) is 38.5 Å². The number of hydrogen-bond donors (Lipinski definition) is 3. The maximum atomic E-state index is 10.6. The molecule has 0 unspecified atom stereocenters. The van der Waals surface area contributed by atoms with Gasteiger partial charge >= 0.3 is 0 Å². The van der Waals surface area contributed by atoms with Gasteiger partial charge in [0.1, 0.15) is 5.75 Å². The second-order valence-corrected chi connectivity index (χ2v) is 7.67. The molecule has 0 radical (unpaired) electrons. The molecule has 6 atom stereocenters. The van der Waals surface area contributed by atoms with Gasteiger partial charge in [0.2, 0.25) is 0 Å². The van der Waals surface area contributed by atoms with E-state index in [1.807, 2.05) is 6.07 Å². The highest BCUT2D eigenvalue weighted by molar-refractivity contribution is 5.40. The number of aryl methyl sites for hydroxylation is 1. The Morgan fingerprint density at radius 1 is 1.23 bits per heavy atom. The van der Waals surface area contributed by atoms with Crippen molar-refractivity contribution in [2.24, 2.45) is 17.3 Å². The van der Waals surface area contributed by atoms with Crippen LogP contribution in [0.4, 0.5) is 0 Å². The van der Waals surface area contributed by atoms with Crippen LogP contribution < -0.4 is 0 Å². The Kier molecular flexibility index (Phi) is 3.28. The normalized spacial score (nSPS) is 43.3. The van der Waals surface area contributed by atoms with Crippen molar-refractivity contribution in [1.29, 1.82) is 0 Å². The lowest BCUT2D eigenvalue weighted by Gasteiger charge is -2.51. The third kappa shape index (κ3) is 1.82. The molecular weight excluding hydrogens is 276 g/mol. The molecule has 0 bridgehead atoms. The van der Waals surface area contributed by atoms with Crippen molar-refractivity contribution >= 4 is 0 Å². The molecule has 1 aromatic carbocycles. The van der Waals surface area contributed by atoms with Crippen LogP contribution in [0.5, 0.6) is 5.75 Å². The van der Waals surface area contributed by atoms with Crippen molar-refractivity contribution < 1.29 is 15.3 Å². The van der Waals surface area contributed by atoms with Crippen LogP contribution in [0, 0.1) is 17.3 Å². The minimum atomic E-state index is -0.551. The summed E-state index contributed by atoms with van der Waals surface area (Å²) in [6, 6.07) is 5.83. The zero-order valence-electron chi connectivity index (χ0n) is 13.2. The molecule has 1 aromatic rings. The lowest BCUT2D eigenvalue weighted by atomic mass is 9.54. The number of aliphatic hydroxyl groups is 2. The number of hydrogen-bond acceptors (Lipinski definition) is 3. The number of rotatable bonds is 1. The molecule has 22 heavy (non-hydrogen) atoms. The Labute approximate surface area is 132 Å².